The number of rotatable bonds is 3. The summed E-state index contributed by atoms with van der Waals surface area (Å²) in [7, 11) is 0. The molecule has 1 aromatic heterocycles. The lowest BCUT2D eigenvalue weighted by atomic mass is 10.1. The minimum Gasteiger partial charge on any atom is -0.354 e. The average Bonchev–Trinajstić information content (AvgIpc) is 2.54. The molecule has 112 valence electrons. The number of nitrogens with one attached hydrogen (secondary N) is 1. The molecule has 1 N–H and O–H groups in total. The van der Waals surface area contributed by atoms with E-state index < -0.39 is 10.7 Å². The average molecular weight is 308 g/mol. The summed E-state index contributed by atoms with van der Waals surface area (Å²) in [5.41, 5.74) is 0.999. The van der Waals surface area contributed by atoms with Crippen molar-refractivity contribution in [3.63, 3.8) is 0 Å². The van der Waals surface area contributed by atoms with Gasteiger partial charge in [0.25, 0.3) is 5.69 Å². The van der Waals surface area contributed by atoms with Crippen molar-refractivity contribution < 1.29 is 9.31 Å². The Morgan fingerprint density at radius 1 is 1.26 bits per heavy atom. The molecule has 2 aromatic carbocycles. The molecule has 0 saturated carbocycles. The zero-order chi connectivity index (χ0) is 16.4. The highest BCUT2D eigenvalue weighted by atomic mass is 19.1. The molecule has 3 aromatic rings. The monoisotopic (exact) mass is 308 g/mol. The molecule has 0 radical (unpaired) electrons. The van der Waals surface area contributed by atoms with Crippen LogP contribution in [0.4, 0.5) is 21.5 Å². The third-order valence-corrected chi connectivity index (χ3v) is 3.29. The standard InChI is InChI=1S/C16H9FN4O2/c17-11-3-1-4-12(7-11)20-15-10(8-18)9-19-16-13(15)5-2-6-14(16)21(22)23/h1-7,9H,(H,19,20). The molecule has 23 heavy (non-hydrogen) atoms. The third-order valence-electron chi connectivity index (χ3n) is 3.29. The topological polar surface area (TPSA) is 91.8 Å². The summed E-state index contributed by atoms with van der Waals surface area (Å²) in [6.45, 7) is 0. The molecule has 6 nitrogen and oxygen atoms in total. The van der Waals surface area contributed by atoms with Gasteiger partial charge in [-0.3, -0.25) is 10.1 Å². The molecule has 0 bridgehead atoms. The highest BCUT2D eigenvalue weighted by molar-refractivity contribution is 5.99. The maximum Gasteiger partial charge on any atom is 0.295 e. The molecule has 0 unspecified atom stereocenters. The van der Waals surface area contributed by atoms with Gasteiger partial charge < -0.3 is 5.32 Å². The van der Waals surface area contributed by atoms with Crippen LogP contribution in [0.2, 0.25) is 0 Å². The van der Waals surface area contributed by atoms with Gasteiger partial charge in [-0.25, -0.2) is 9.37 Å². The van der Waals surface area contributed by atoms with Crippen LogP contribution in [0, 0.1) is 27.3 Å². The predicted octanol–water partition coefficient (Wildman–Crippen LogP) is 3.90. The minimum atomic E-state index is -0.534. The van der Waals surface area contributed by atoms with Crippen molar-refractivity contribution in [2.45, 2.75) is 0 Å². The SMILES string of the molecule is N#Cc1cnc2c([N+](=O)[O-])cccc2c1Nc1cccc(F)c1. The number of pyridine rings is 1. The number of anilines is 2. The summed E-state index contributed by atoms with van der Waals surface area (Å²) < 4.78 is 13.3. The summed E-state index contributed by atoms with van der Waals surface area (Å²) >= 11 is 0. The quantitative estimate of drug-likeness (QED) is 0.585. The van der Waals surface area contributed by atoms with Gasteiger partial charge in [0, 0.05) is 23.3 Å². The van der Waals surface area contributed by atoms with Crippen LogP contribution < -0.4 is 5.32 Å². The van der Waals surface area contributed by atoms with Crippen LogP contribution in [0.15, 0.2) is 48.7 Å². The fourth-order valence-electron chi connectivity index (χ4n) is 2.28. The molecule has 0 fully saturated rings. The molecule has 1 heterocycles. The van der Waals surface area contributed by atoms with Gasteiger partial charge in [0.05, 0.1) is 16.2 Å². The lowest BCUT2D eigenvalue weighted by Crippen LogP contribution is -1.99. The molecule has 3 rings (SSSR count). The highest BCUT2D eigenvalue weighted by Gasteiger charge is 2.17. The summed E-state index contributed by atoms with van der Waals surface area (Å²) in [4.78, 5) is 14.6. The fraction of sp³-hybridized carbons (Fsp3) is 0. The number of fused-ring (bicyclic) bond motifs is 1. The number of hydrogen-bond donors (Lipinski definition) is 1. The van der Waals surface area contributed by atoms with E-state index in [1.54, 1.807) is 12.1 Å². The van der Waals surface area contributed by atoms with Crippen molar-refractivity contribution in [1.82, 2.24) is 4.98 Å². The Morgan fingerprint density at radius 2 is 2.04 bits per heavy atom. The maximum absolute atomic E-state index is 13.3. The number of para-hydroxylation sites is 1. The Balaban J connectivity index is 2.23. The third kappa shape index (κ3) is 2.65. The van der Waals surface area contributed by atoms with Crippen LogP contribution in [0.3, 0.4) is 0 Å². The number of nitro groups is 1. The van der Waals surface area contributed by atoms with E-state index >= 15 is 0 Å². The molecule has 0 aliphatic rings. The molecule has 0 saturated heterocycles. The first-order valence-electron chi connectivity index (χ1n) is 6.59. The van der Waals surface area contributed by atoms with Crippen molar-refractivity contribution >= 4 is 28.0 Å². The number of halogens is 1. The summed E-state index contributed by atoms with van der Waals surface area (Å²) in [5, 5.41) is 23.7. The van der Waals surface area contributed by atoms with Gasteiger partial charge in [0.2, 0.25) is 0 Å². The van der Waals surface area contributed by atoms with Crippen molar-refractivity contribution in [2.24, 2.45) is 0 Å². The van der Waals surface area contributed by atoms with E-state index in [0.29, 0.717) is 16.8 Å². The number of hydrogen-bond acceptors (Lipinski definition) is 5. The number of nitrogens with zero attached hydrogens (tertiary/aromatic N) is 3. The predicted molar refractivity (Wildman–Crippen MR) is 82.8 cm³/mol. The van der Waals surface area contributed by atoms with E-state index in [-0.39, 0.29) is 16.8 Å². The highest BCUT2D eigenvalue weighted by Crippen LogP contribution is 2.33. The molecular weight excluding hydrogens is 299 g/mol. The van der Waals surface area contributed by atoms with Crippen molar-refractivity contribution in [3.8, 4) is 6.07 Å². The van der Waals surface area contributed by atoms with Gasteiger partial charge in [0.1, 0.15) is 17.4 Å². The van der Waals surface area contributed by atoms with Gasteiger partial charge in [-0.1, -0.05) is 18.2 Å². The zero-order valence-corrected chi connectivity index (χ0v) is 11.7. The summed E-state index contributed by atoms with van der Waals surface area (Å²) in [6.07, 6.45) is 1.26. The lowest BCUT2D eigenvalue weighted by molar-refractivity contribution is -0.383. The second-order valence-corrected chi connectivity index (χ2v) is 4.72. The van der Waals surface area contributed by atoms with Crippen molar-refractivity contribution in [3.05, 3.63) is 70.2 Å². The fourth-order valence-corrected chi connectivity index (χ4v) is 2.28. The second-order valence-electron chi connectivity index (χ2n) is 4.72. The first-order valence-corrected chi connectivity index (χ1v) is 6.59. The Kier molecular flexibility index (Phi) is 3.57. The molecule has 0 aliphatic carbocycles. The molecular formula is C16H9FN4O2. The Hall–Kier alpha value is -3.53. The van der Waals surface area contributed by atoms with Crippen LogP contribution in [-0.2, 0) is 0 Å². The lowest BCUT2D eigenvalue weighted by Gasteiger charge is -2.11. The number of nitriles is 1. The van der Waals surface area contributed by atoms with Crippen LogP contribution in [0.1, 0.15) is 5.56 Å². The Morgan fingerprint density at radius 3 is 2.74 bits per heavy atom. The van der Waals surface area contributed by atoms with Gasteiger partial charge in [0.15, 0.2) is 0 Å². The maximum atomic E-state index is 13.3. The van der Waals surface area contributed by atoms with Gasteiger partial charge in [-0.15, -0.1) is 0 Å². The van der Waals surface area contributed by atoms with E-state index in [1.807, 2.05) is 6.07 Å². The number of aromatic nitrogens is 1. The summed E-state index contributed by atoms with van der Waals surface area (Å²) in [5.74, 6) is -0.433. The first-order chi connectivity index (χ1) is 11.1. The molecule has 7 heteroatoms. The summed E-state index contributed by atoms with van der Waals surface area (Å²) in [6, 6.07) is 12.2. The van der Waals surface area contributed by atoms with Gasteiger partial charge in [-0.05, 0) is 18.2 Å². The van der Waals surface area contributed by atoms with E-state index in [4.69, 9.17) is 0 Å². The van der Waals surface area contributed by atoms with E-state index in [9.17, 15) is 19.8 Å². The first kappa shape index (κ1) is 14.4. The zero-order valence-electron chi connectivity index (χ0n) is 11.7. The van der Waals surface area contributed by atoms with Gasteiger partial charge >= 0.3 is 0 Å². The molecule has 0 spiro atoms. The van der Waals surface area contributed by atoms with E-state index in [2.05, 4.69) is 10.3 Å². The van der Waals surface area contributed by atoms with E-state index in [0.717, 1.165) is 0 Å². The minimum absolute atomic E-state index is 0.158. The largest absolute Gasteiger partial charge is 0.354 e. The normalized spacial score (nSPS) is 10.3. The van der Waals surface area contributed by atoms with Crippen molar-refractivity contribution in [1.29, 1.82) is 5.26 Å². The van der Waals surface area contributed by atoms with E-state index in [1.165, 1.54) is 36.5 Å². The molecule has 0 atom stereocenters. The van der Waals surface area contributed by atoms with Crippen molar-refractivity contribution in [2.75, 3.05) is 5.32 Å². The molecule has 0 aliphatic heterocycles. The van der Waals surface area contributed by atoms with Crippen LogP contribution in [0.25, 0.3) is 10.9 Å². The Labute approximate surface area is 130 Å². The number of non-ortho nitro benzene ring substituents is 1. The second kappa shape index (κ2) is 5.69. The Bertz CT molecular complexity index is 966. The van der Waals surface area contributed by atoms with Crippen LogP contribution in [-0.4, -0.2) is 9.91 Å². The number of nitro benzene ring substituents is 1. The van der Waals surface area contributed by atoms with Crippen LogP contribution in [0.5, 0.6) is 0 Å². The number of benzene rings is 2. The molecule has 0 amide bonds. The van der Waals surface area contributed by atoms with Crippen LogP contribution >= 0.6 is 0 Å². The van der Waals surface area contributed by atoms with Gasteiger partial charge in [-0.2, -0.15) is 5.26 Å². The smallest absolute Gasteiger partial charge is 0.295 e.